The lowest BCUT2D eigenvalue weighted by Crippen LogP contribution is -2.12. The third-order valence-electron chi connectivity index (χ3n) is 3.67. The second-order valence-electron chi connectivity index (χ2n) is 5.14. The summed E-state index contributed by atoms with van der Waals surface area (Å²) in [7, 11) is 1.60. The van der Waals surface area contributed by atoms with Crippen LogP contribution in [0.2, 0.25) is 0 Å². The molecular formula is C18H17N3O3. The number of methoxy groups -OCH3 is 1. The topological polar surface area (TPSA) is 104 Å². The number of oxazole rings is 1. The van der Waals surface area contributed by atoms with Crippen molar-refractivity contribution >= 4 is 5.91 Å². The molecule has 0 bridgehead atoms. The fourth-order valence-corrected chi connectivity index (χ4v) is 2.46. The van der Waals surface area contributed by atoms with Crippen molar-refractivity contribution in [1.82, 2.24) is 4.98 Å². The smallest absolute Gasteiger partial charge is 0.249 e. The average Bonchev–Trinajstić information content (AvgIpc) is 3.06. The van der Waals surface area contributed by atoms with Crippen molar-refractivity contribution < 1.29 is 13.9 Å². The molecule has 24 heavy (non-hydrogen) atoms. The van der Waals surface area contributed by atoms with Crippen molar-refractivity contribution in [3.63, 3.8) is 0 Å². The number of nitrogens with zero attached hydrogens (tertiary/aromatic N) is 1. The van der Waals surface area contributed by atoms with Crippen LogP contribution in [0.5, 0.6) is 5.75 Å². The van der Waals surface area contributed by atoms with Gasteiger partial charge in [-0.05, 0) is 36.4 Å². The molecule has 0 fully saturated rings. The lowest BCUT2D eigenvalue weighted by Gasteiger charge is -2.03. The molecular weight excluding hydrogens is 306 g/mol. The number of carbonyl (C=O) groups is 1. The Balaban J connectivity index is 2.09. The highest BCUT2D eigenvalue weighted by Crippen LogP contribution is 2.32. The average molecular weight is 323 g/mol. The molecule has 1 aromatic heterocycles. The van der Waals surface area contributed by atoms with Crippen molar-refractivity contribution in [2.45, 2.75) is 6.54 Å². The van der Waals surface area contributed by atoms with Gasteiger partial charge in [-0.15, -0.1) is 0 Å². The van der Waals surface area contributed by atoms with Crippen LogP contribution in [0.25, 0.3) is 22.8 Å². The number of hydrogen-bond acceptors (Lipinski definition) is 5. The van der Waals surface area contributed by atoms with Crippen molar-refractivity contribution in [3.8, 4) is 28.5 Å². The number of carbonyl (C=O) groups excluding carboxylic acids is 1. The molecule has 1 amide bonds. The summed E-state index contributed by atoms with van der Waals surface area (Å²) in [6, 6.07) is 14.3. The molecule has 2 aromatic carbocycles. The largest absolute Gasteiger partial charge is 0.497 e. The molecule has 4 N–H and O–H groups in total. The van der Waals surface area contributed by atoms with Gasteiger partial charge in [0.1, 0.15) is 11.4 Å². The maximum Gasteiger partial charge on any atom is 0.249 e. The van der Waals surface area contributed by atoms with Gasteiger partial charge >= 0.3 is 0 Å². The molecule has 1 heterocycles. The zero-order valence-electron chi connectivity index (χ0n) is 13.2. The Kier molecular flexibility index (Phi) is 4.31. The summed E-state index contributed by atoms with van der Waals surface area (Å²) in [5.74, 6) is 1.08. The molecule has 3 aromatic rings. The summed E-state index contributed by atoms with van der Waals surface area (Å²) in [5.41, 5.74) is 13.5. The van der Waals surface area contributed by atoms with E-state index in [1.54, 1.807) is 31.4 Å². The van der Waals surface area contributed by atoms with E-state index >= 15 is 0 Å². The Morgan fingerprint density at radius 3 is 2.50 bits per heavy atom. The number of hydrogen-bond donors (Lipinski definition) is 2. The van der Waals surface area contributed by atoms with E-state index in [-0.39, 0.29) is 6.54 Å². The first kappa shape index (κ1) is 15.8. The van der Waals surface area contributed by atoms with Crippen LogP contribution in [0.1, 0.15) is 16.1 Å². The summed E-state index contributed by atoms with van der Waals surface area (Å²) < 4.78 is 11.1. The maximum absolute atomic E-state index is 11.6. The fraction of sp³-hybridized carbons (Fsp3) is 0.111. The molecule has 3 rings (SSSR count). The number of nitrogens with two attached hydrogens (primary N) is 2. The molecule has 0 spiro atoms. The minimum absolute atomic E-state index is 0.212. The summed E-state index contributed by atoms with van der Waals surface area (Å²) >= 11 is 0. The minimum Gasteiger partial charge on any atom is -0.497 e. The predicted molar refractivity (Wildman–Crippen MR) is 90.3 cm³/mol. The lowest BCUT2D eigenvalue weighted by molar-refractivity contribution is 0.100. The van der Waals surface area contributed by atoms with Crippen LogP contribution < -0.4 is 16.2 Å². The first-order valence-corrected chi connectivity index (χ1v) is 7.37. The molecule has 0 aliphatic heterocycles. The number of benzene rings is 2. The molecule has 0 unspecified atom stereocenters. The van der Waals surface area contributed by atoms with Crippen LogP contribution in [-0.2, 0) is 6.54 Å². The van der Waals surface area contributed by atoms with Crippen LogP contribution in [0.3, 0.4) is 0 Å². The van der Waals surface area contributed by atoms with Crippen LogP contribution in [-0.4, -0.2) is 18.0 Å². The molecule has 0 radical (unpaired) electrons. The Hall–Kier alpha value is -3.12. The number of ether oxygens (including phenoxy) is 1. The van der Waals surface area contributed by atoms with E-state index in [2.05, 4.69) is 4.98 Å². The molecule has 0 atom stereocenters. The zero-order valence-corrected chi connectivity index (χ0v) is 13.2. The van der Waals surface area contributed by atoms with Gasteiger partial charge in [0.05, 0.1) is 12.7 Å². The van der Waals surface area contributed by atoms with Crippen molar-refractivity contribution in [1.29, 1.82) is 0 Å². The van der Waals surface area contributed by atoms with Crippen LogP contribution in [0, 0.1) is 0 Å². The van der Waals surface area contributed by atoms with Crippen LogP contribution in [0.15, 0.2) is 52.9 Å². The Morgan fingerprint density at radius 1 is 1.17 bits per heavy atom. The highest BCUT2D eigenvalue weighted by molar-refractivity contribution is 5.98. The number of aromatic nitrogens is 1. The van der Waals surface area contributed by atoms with E-state index in [9.17, 15) is 4.79 Å². The fourth-order valence-electron chi connectivity index (χ4n) is 2.46. The molecule has 0 saturated heterocycles. The standard InChI is InChI=1S/C18H17N3O3/c1-23-12-8-6-11(7-9-12)16-15(10-19)21-18(24-16)14-5-3-2-4-13(14)17(20)22/h2-9H,10,19H2,1H3,(H2,20,22). The summed E-state index contributed by atoms with van der Waals surface area (Å²) in [6.45, 7) is 0.212. The molecule has 0 aliphatic carbocycles. The Morgan fingerprint density at radius 2 is 1.88 bits per heavy atom. The quantitative estimate of drug-likeness (QED) is 0.751. The van der Waals surface area contributed by atoms with E-state index < -0.39 is 5.91 Å². The van der Waals surface area contributed by atoms with Gasteiger partial charge in [-0.1, -0.05) is 12.1 Å². The van der Waals surface area contributed by atoms with Crippen molar-refractivity contribution in [2.24, 2.45) is 11.5 Å². The van der Waals surface area contributed by atoms with Crippen molar-refractivity contribution in [2.75, 3.05) is 7.11 Å². The molecule has 6 heteroatoms. The Bertz CT molecular complexity index is 869. The minimum atomic E-state index is -0.538. The van der Waals surface area contributed by atoms with E-state index in [1.165, 1.54) is 0 Å². The number of primary amides is 1. The monoisotopic (exact) mass is 323 g/mol. The molecule has 0 saturated carbocycles. The summed E-state index contributed by atoms with van der Waals surface area (Å²) in [4.78, 5) is 16.0. The molecule has 122 valence electrons. The third-order valence-corrected chi connectivity index (χ3v) is 3.67. The first-order chi connectivity index (χ1) is 11.6. The first-order valence-electron chi connectivity index (χ1n) is 7.37. The highest BCUT2D eigenvalue weighted by atomic mass is 16.5. The van der Waals surface area contributed by atoms with Gasteiger partial charge in [0.2, 0.25) is 11.8 Å². The van der Waals surface area contributed by atoms with Crippen LogP contribution in [0.4, 0.5) is 0 Å². The van der Waals surface area contributed by atoms with Gasteiger partial charge in [0.15, 0.2) is 5.76 Å². The van der Waals surface area contributed by atoms with Gasteiger partial charge in [-0.25, -0.2) is 4.98 Å². The van der Waals surface area contributed by atoms with Gasteiger partial charge < -0.3 is 20.6 Å². The van der Waals surface area contributed by atoms with E-state index in [0.29, 0.717) is 28.5 Å². The maximum atomic E-state index is 11.6. The van der Waals surface area contributed by atoms with E-state index in [0.717, 1.165) is 11.3 Å². The van der Waals surface area contributed by atoms with E-state index in [1.807, 2.05) is 24.3 Å². The highest BCUT2D eigenvalue weighted by Gasteiger charge is 2.19. The zero-order chi connectivity index (χ0) is 17.1. The second kappa shape index (κ2) is 6.55. The second-order valence-corrected chi connectivity index (χ2v) is 5.14. The van der Waals surface area contributed by atoms with Gasteiger partial charge in [-0.3, -0.25) is 4.79 Å². The number of rotatable bonds is 5. The van der Waals surface area contributed by atoms with Crippen molar-refractivity contribution in [3.05, 3.63) is 59.8 Å². The third kappa shape index (κ3) is 2.87. The normalized spacial score (nSPS) is 10.6. The number of amides is 1. The van der Waals surface area contributed by atoms with Gasteiger partial charge in [0.25, 0.3) is 0 Å². The predicted octanol–water partition coefficient (Wildman–Crippen LogP) is 2.57. The molecule has 6 nitrogen and oxygen atoms in total. The molecule has 0 aliphatic rings. The summed E-state index contributed by atoms with van der Waals surface area (Å²) in [5, 5.41) is 0. The summed E-state index contributed by atoms with van der Waals surface area (Å²) in [6.07, 6.45) is 0. The van der Waals surface area contributed by atoms with Crippen LogP contribution >= 0.6 is 0 Å². The van der Waals surface area contributed by atoms with Gasteiger partial charge in [-0.2, -0.15) is 0 Å². The lowest BCUT2D eigenvalue weighted by atomic mass is 10.1. The van der Waals surface area contributed by atoms with Gasteiger partial charge in [0, 0.05) is 17.7 Å². The van der Waals surface area contributed by atoms with E-state index in [4.69, 9.17) is 20.6 Å². The SMILES string of the molecule is COc1ccc(-c2oc(-c3ccccc3C(N)=O)nc2CN)cc1. The Labute approximate surface area is 139 Å².